The van der Waals surface area contributed by atoms with Gasteiger partial charge in [0.1, 0.15) is 0 Å². The smallest absolute Gasteiger partial charge is 0.364 e. The zero-order chi connectivity index (χ0) is 15.1. The summed E-state index contributed by atoms with van der Waals surface area (Å²) in [5.74, 6) is 0. The lowest BCUT2D eigenvalue weighted by molar-refractivity contribution is -0.137. The molecule has 1 N–H and O–H groups in total. The molecule has 5 heteroatoms. The van der Waals surface area contributed by atoms with Crippen LogP contribution in [0.25, 0.3) is 0 Å². The molecule has 112 valence electrons. The van der Waals surface area contributed by atoms with E-state index in [1.165, 1.54) is 12.1 Å². The molecule has 1 aliphatic rings. The third-order valence-electron chi connectivity index (χ3n) is 4.06. The molecular formula is C15H21F3N2. The largest absolute Gasteiger partial charge is 0.416 e. The van der Waals surface area contributed by atoms with Crippen LogP contribution in [-0.2, 0) is 12.6 Å². The van der Waals surface area contributed by atoms with Gasteiger partial charge in [-0.05, 0) is 58.0 Å². The maximum atomic E-state index is 12.8. The third kappa shape index (κ3) is 2.64. The lowest BCUT2D eigenvalue weighted by Gasteiger charge is -2.35. The van der Waals surface area contributed by atoms with Crippen LogP contribution in [0.4, 0.5) is 18.9 Å². The summed E-state index contributed by atoms with van der Waals surface area (Å²) in [5.41, 5.74) is 1.17. The quantitative estimate of drug-likeness (QED) is 0.915. The van der Waals surface area contributed by atoms with Gasteiger partial charge in [0.15, 0.2) is 0 Å². The molecule has 1 aromatic carbocycles. The van der Waals surface area contributed by atoms with Crippen molar-refractivity contribution in [3.05, 3.63) is 29.3 Å². The van der Waals surface area contributed by atoms with E-state index in [9.17, 15) is 13.2 Å². The minimum Gasteiger partial charge on any atom is -0.364 e. The van der Waals surface area contributed by atoms with Crippen molar-refractivity contribution in [3.8, 4) is 0 Å². The molecule has 0 fully saturated rings. The lowest BCUT2D eigenvalue weighted by Crippen LogP contribution is -2.48. The minimum absolute atomic E-state index is 0.193. The van der Waals surface area contributed by atoms with Crippen LogP contribution in [-0.4, -0.2) is 25.2 Å². The van der Waals surface area contributed by atoms with Gasteiger partial charge < -0.3 is 10.2 Å². The summed E-state index contributed by atoms with van der Waals surface area (Å²) >= 11 is 0. The monoisotopic (exact) mass is 286 g/mol. The summed E-state index contributed by atoms with van der Waals surface area (Å²) in [7, 11) is 1.88. The number of anilines is 1. The number of benzene rings is 1. The molecule has 20 heavy (non-hydrogen) atoms. The topological polar surface area (TPSA) is 15.3 Å². The fraction of sp³-hybridized carbons (Fsp3) is 0.600. The highest BCUT2D eigenvalue weighted by molar-refractivity contribution is 5.61. The van der Waals surface area contributed by atoms with Crippen molar-refractivity contribution < 1.29 is 13.2 Å². The Morgan fingerprint density at radius 1 is 1.25 bits per heavy atom. The predicted octanol–water partition coefficient (Wildman–Crippen LogP) is 3.45. The number of hydrogen-bond acceptors (Lipinski definition) is 2. The molecule has 0 radical (unpaired) electrons. The van der Waals surface area contributed by atoms with Crippen LogP contribution in [0.15, 0.2) is 18.2 Å². The normalized spacial score (nSPS) is 20.4. The van der Waals surface area contributed by atoms with Crippen LogP contribution in [0.1, 0.15) is 31.9 Å². The van der Waals surface area contributed by atoms with Crippen LogP contribution in [0.3, 0.4) is 0 Å². The molecule has 2 nitrogen and oxygen atoms in total. The molecule has 0 spiro atoms. The van der Waals surface area contributed by atoms with E-state index in [1.807, 2.05) is 7.05 Å². The molecule has 2 atom stereocenters. The number of likely N-dealkylation sites (N-methyl/N-ethyl adjacent to an activating group) is 1. The Balaban J connectivity index is 2.40. The minimum atomic E-state index is -4.27. The molecule has 1 aliphatic heterocycles. The molecule has 0 aromatic heterocycles. The molecule has 1 aromatic rings. The Kier molecular flexibility index (Phi) is 4.00. The molecule has 2 unspecified atom stereocenters. The first-order valence-electron chi connectivity index (χ1n) is 6.91. The van der Waals surface area contributed by atoms with Gasteiger partial charge in [0.25, 0.3) is 0 Å². The number of halogens is 3. The van der Waals surface area contributed by atoms with Gasteiger partial charge in [-0.25, -0.2) is 0 Å². The van der Waals surface area contributed by atoms with Crippen molar-refractivity contribution in [1.29, 1.82) is 0 Å². The summed E-state index contributed by atoms with van der Waals surface area (Å²) in [6.45, 7) is 6.21. The molecular weight excluding hydrogens is 265 g/mol. The van der Waals surface area contributed by atoms with Gasteiger partial charge in [-0.15, -0.1) is 0 Å². The predicted molar refractivity (Wildman–Crippen MR) is 75.1 cm³/mol. The fourth-order valence-electron chi connectivity index (χ4n) is 2.95. The summed E-state index contributed by atoms with van der Waals surface area (Å²) in [5, 5.41) is 3.21. The number of alkyl halides is 3. The number of nitrogens with one attached hydrogen (secondary N) is 1. The van der Waals surface area contributed by atoms with Crippen LogP contribution in [0.2, 0.25) is 0 Å². The van der Waals surface area contributed by atoms with Crippen molar-refractivity contribution in [1.82, 2.24) is 5.32 Å². The first-order chi connectivity index (χ1) is 9.25. The number of hydrogen-bond donors (Lipinski definition) is 1. The summed E-state index contributed by atoms with van der Waals surface area (Å²) < 4.78 is 38.4. The Hall–Kier alpha value is -1.23. The van der Waals surface area contributed by atoms with Gasteiger partial charge >= 0.3 is 6.18 Å². The number of nitrogens with zero attached hydrogens (tertiary/aromatic N) is 1. The Morgan fingerprint density at radius 3 is 2.40 bits per heavy atom. The first-order valence-corrected chi connectivity index (χ1v) is 6.91. The molecule has 0 bridgehead atoms. The lowest BCUT2D eigenvalue weighted by atomic mass is 10.0. The van der Waals surface area contributed by atoms with Gasteiger partial charge in [0.05, 0.1) is 5.56 Å². The molecule has 0 saturated carbocycles. The van der Waals surface area contributed by atoms with E-state index in [0.29, 0.717) is 6.42 Å². The van der Waals surface area contributed by atoms with Gasteiger partial charge in [-0.3, -0.25) is 0 Å². The van der Waals surface area contributed by atoms with Crippen LogP contribution < -0.4 is 10.2 Å². The molecule has 0 amide bonds. The van der Waals surface area contributed by atoms with E-state index in [-0.39, 0.29) is 18.1 Å². The highest BCUT2D eigenvalue weighted by Gasteiger charge is 2.37. The molecule has 0 aliphatic carbocycles. The molecule has 0 saturated heterocycles. The third-order valence-corrected chi connectivity index (χ3v) is 4.06. The van der Waals surface area contributed by atoms with Gasteiger partial charge in [-0.2, -0.15) is 13.2 Å². The van der Waals surface area contributed by atoms with Crippen molar-refractivity contribution >= 4 is 5.69 Å². The highest BCUT2D eigenvalue weighted by Crippen LogP contribution is 2.39. The zero-order valence-corrected chi connectivity index (χ0v) is 12.3. The second kappa shape index (κ2) is 5.28. The van der Waals surface area contributed by atoms with Crippen molar-refractivity contribution in [2.75, 3.05) is 11.9 Å². The number of fused-ring (bicyclic) bond motifs is 1. The number of rotatable bonds is 3. The Bertz CT molecular complexity index is 482. The highest BCUT2D eigenvalue weighted by atomic mass is 19.4. The molecule has 1 heterocycles. The SMILES string of the molecule is CNC(C)C1Cc2cc(C(F)(F)F)ccc2N1C(C)C. The van der Waals surface area contributed by atoms with E-state index < -0.39 is 11.7 Å². The van der Waals surface area contributed by atoms with Crippen molar-refractivity contribution in [3.63, 3.8) is 0 Å². The standard InChI is InChI=1S/C15H21F3N2/c1-9(2)20-13-6-5-12(15(16,17)18)7-11(13)8-14(20)10(3)19-4/h5-7,9-10,14,19H,8H2,1-4H3. The van der Waals surface area contributed by atoms with E-state index in [4.69, 9.17) is 0 Å². The summed E-state index contributed by atoms with van der Waals surface area (Å²) in [4.78, 5) is 2.22. The van der Waals surface area contributed by atoms with E-state index in [0.717, 1.165) is 11.3 Å². The first kappa shape index (κ1) is 15.2. The van der Waals surface area contributed by atoms with Crippen LogP contribution in [0, 0.1) is 0 Å². The van der Waals surface area contributed by atoms with E-state index in [1.54, 1.807) is 6.07 Å². The van der Waals surface area contributed by atoms with E-state index in [2.05, 4.69) is 31.0 Å². The fourth-order valence-corrected chi connectivity index (χ4v) is 2.95. The molecule has 2 rings (SSSR count). The van der Waals surface area contributed by atoms with Crippen LogP contribution >= 0.6 is 0 Å². The summed E-state index contributed by atoms with van der Waals surface area (Å²) in [6, 6.07) is 4.76. The average Bonchev–Trinajstić information content (AvgIpc) is 2.74. The van der Waals surface area contributed by atoms with Gasteiger partial charge in [0, 0.05) is 23.8 Å². The maximum absolute atomic E-state index is 12.8. The van der Waals surface area contributed by atoms with Gasteiger partial charge in [-0.1, -0.05) is 0 Å². The maximum Gasteiger partial charge on any atom is 0.416 e. The average molecular weight is 286 g/mol. The Morgan fingerprint density at radius 2 is 1.90 bits per heavy atom. The van der Waals surface area contributed by atoms with Crippen molar-refractivity contribution in [2.45, 2.75) is 51.5 Å². The van der Waals surface area contributed by atoms with Crippen LogP contribution in [0.5, 0.6) is 0 Å². The second-order valence-corrected chi connectivity index (χ2v) is 5.69. The zero-order valence-electron chi connectivity index (χ0n) is 12.3. The second-order valence-electron chi connectivity index (χ2n) is 5.69. The van der Waals surface area contributed by atoms with E-state index >= 15 is 0 Å². The Labute approximate surface area is 118 Å². The summed E-state index contributed by atoms with van der Waals surface area (Å²) in [6.07, 6.45) is -3.62. The van der Waals surface area contributed by atoms with Crippen molar-refractivity contribution in [2.24, 2.45) is 0 Å². The van der Waals surface area contributed by atoms with Gasteiger partial charge in [0.2, 0.25) is 0 Å².